The van der Waals surface area contributed by atoms with Gasteiger partial charge in [0, 0.05) is 34.6 Å². The van der Waals surface area contributed by atoms with Crippen molar-refractivity contribution in [1.82, 2.24) is 0 Å². The smallest absolute Gasteiger partial charge is 0.245 e. The van der Waals surface area contributed by atoms with E-state index in [9.17, 15) is 14.9 Å². The van der Waals surface area contributed by atoms with Gasteiger partial charge in [-0.2, -0.15) is 5.26 Å². The average Bonchev–Trinajstić information content (AvgIpc) is 3.00. The van der Waals surface area contributed by atoms with Crippen LogP contribution in [0.4, 0.5) is 11.4 Å². The molecule has 1 amide bonds. The molecule has 2 aromatic rings. The Labute approximate surface area is 180 Å². The Morgan fingerprint density at radius 3 is 2.61 bits per heavy atom. The number of nitrogens with one attached hydrogen (secondary N) is 1. The number of Topliss-reactive ketones (excluding diaryl/α,β-unsaturated/α-hetero) is 1. The van der Waals surface area contributed by atoms with Crippen LogP contribution in [0.15, 0.2) is 65.1 Å². The Morgan fingerprint density at radius 1 is 1.10 bits per heavy atom. The van der Waals surface area contributed by atoms with E-state index in [1.807, 2.05) is 56.3 Å². The van der Waals surface area contributed by atoms with Crippen molar-refractivity contribution in [2.75, 3.05) is 10.2 Å². The molecule has 0 bridgehead atoms. The highest BCUT2D eigenvalue weighted by molar-refractivity contribution is 6.19. The molecule has 1 aliphatic carbocycles. The first-order valence-corrected chi connectivity index (χ1v) is 10.4. The Hall–Kier alpha value is -3.85. The molecule has 3 N–H and O–H groups in total. The van der Waals surface area contributed by atoms with E-state index in [1.165, 1.54) is 0 Å². The van der Waals surface area contributed by atoms with E-state index < -0.39 is 5.41 Å². The quantitative estimate of drug-likeness (QED) is 0.747. The van der Waals surface area contributed by atoms with Gasteiger partial charge in [0.25, 0.3) is 0 Å². The lowest BCUT2D eigenvalue weighted by Gasteiger charge is -2.43. The van der Waals surface area contributed by atoms with E-state index in [4.69, 9.17) is 5.73 Å². The zero-order valence-corrected chi connectivity index (χ0v) is 17.5. The third-order valence-corrected chi connectivity index (χ3v) is 6.44. The average molecular weight is 410 g/mol. The van der Waals surface area contributed by atoms with Crippen LogP contribution < -0.4 is 16.0 Å². The summed E-state index contributed by atoms with van der Waals surface area (Å²) in [6.07, 6.45) is 1.62. The molecule has 3 aliphatic rings. The Balaban J connectivity index is 1.90. The standard InChI is InChI=1S/C25H22N4O2/c1-14-5-3-6-16(11-14)29-20-7-4-8-21(30)22(20)25(18(13-26)23(29)27)17-12-15(2)9-10-19(17)28-24(25)31/h3,5-6,9-12H,4,7-8,27H2,1-2H3,(H,28,31)/t25-/m1/s1. The minimum absolute atomic E-state index is 0.102. The first-order chi connectivity index (χ1) is 14.9. The number of amides is 1. The molecule has 0 saturated carbocycles. The number of hydrogen-bond donors (Lipinski definition) is 2. The van der Waals surface area contributed by atoms with E-state index in [0.717, 1.165) is 16.8 Å². The Morgan fingerprint density at radius 2 is 1.87 bits per heavy atom. The van der Waals surface area contributed by atoms with Gasteiger partial charge in [0.1, 0.15) is 17.3 Å². The fraction of sp³-hybridized carbons (Fsp3) is 0.240. The number of ketones is 1. The predicted molar refractivity (Wildman–Crippen MR) is 118 cm³/mol. The minimum atomic E-state index is -1.51. The van der Waals surface area contributed by atoms with Gasteiger partial charge in [-0.15, -0.1) is 0 Å². The van der Waals surface area contributed by atoms with Crippen molar-refractivity contribution in [2.45, 2.75) is 38.5 Å². The number of carbonyl (C=O) groups excluding carboxylic acids is 2. The Bertz CT molecular complexity index is 1280. The molecule has 0 aromatic heterocycles. The van der Waals surface area contributed by atoms with Crippen molar-refractivity contribution in [2.24, 2.45) is 5.73 Å². The molecule has 2 aromatic carbocycles. The molecule has 0 unspecified atom stereocenters. The number of anilines is 2. The molecular formula is C25H22N4O2. The van der Waals surface area contributed by atoms with Crippen molar-refractivity contribution in [3.05, 3.63) is 81.8 Å². The zero-order chi connectivity index (χ0) is 21.9. The number of hydrogen-bond acceptors (Lipinski definition) is 5. The summed E-state index contributed by atoms with van der Waals surface area (Å²) in [6, 6.07) is 15.6. The molecule has 2 aliphatic heterocycles. The summed E-state index contributed by atoms with van der Waals surface area (Å²) in [5, 5.41) is 13.2. The first-order valence-electron chi connectivity index (χ1n) is 10.4. The molecule has 2 heterocycles. The molecule has 5 rings (SSSR count). The van der Waals surface area contributed by atoms with Crippen LogP contribution in [0.2, 0.25) is 0 Å². The maximum Gasteiger partial charge on any atom is 0.245 e. The largest absolute Gasteiger partial charge is 0.384 e. The second-order valence-electron chi connectivity index (χ2n) is 8.40. The van der Waals surface area contributed by atoms with Gasteiger partial charge >= 0.3 is 0 Å². The lowest BCUT2D eigenvalue weighted by molar-refractivity contribution is -0.122. The number of nitrogens with zero attached hydrogens (tertiary/aromatic N) is 2. The first kappa shape index (κ1) is 19.1. The molecular weight excluding hydrogens is 388 g/mol. The summed E-state index contributed by atoms with van der Waals surface area (Å²) in [5.74, 6) is -0.297. The summed E-state index contributed by atoms with van der Waals surface area (Å²) in [5.41, 5.74) is 10.3. The van der Waals surface area contributed by atoms with Gasteiger partial charge in [-0.3, -0.25) is 14.5 Å². The van der Waals surface area contributed by atoms with Crippen LogP contribution >= 0.6 is 0 Å². The number of carbonyl (C=O) groups is 2. The second kappa shape index (κ2) is 6.58. The van der Waals surface area contributed by atoms with Crippen LogP contribution in [0.5, 0.6) is 0 Å². The lowest BCUT2D eigenvalue weighted by atomic mass is 9.63. The van der Waals surface area contributed by atoms with Gasteiger partial charge in [0.15, 0.2) is 5.78 Å². The van der Waals surface area contributed by atoms with Gasteiger partial charge in [-0.25, -0.2) is 0 Å². The minimum Gasteiger partial charge on any atom is -0.384 e. The molecule has 0 saturated heterocycles. The third kappa shape index (κ3) is 2.43. The maximum atomic E-state index is 13.6. The van der Waals surface area contributed by atoms with Crippen LogP contribution in [-0.4, -0.2) is 11.7 Å². The van der Waals surface area contributed by atoms with E-state index in [2.05, 4.69) is 11.4 Å². The van der Waals surface area contributed by atoms with Gasteiger partial charge in [0.05, 0.1) is 5.57 Å². The van der Waals surface area contributed by atoms with Gasteiger partial charge in [-0.1, -0.05) is 29.8 Å². The monoisotopic (exact) mass is 410 g/mol. The molecule has 6 nitrogen and oxygen atoms in total. The number of allylic oxidation sites excluding steroid dienone is 1. The van der Waals surface area contributed by atoms with Crippen molar-refractivity contribution < 1.29 is 9.59 Å². The predicted octanol–water partition coefficient (Wildman–Crippen LogP) is 3.71. The summed E-state index contributed by atoms with van der Waals surface area (Å²) < 4.78 is 0. The van der Waals surface area contributed by atoms with Crippen molar-refractivity contribution >= 4 is 23.1 Å². The topological polar surface area (TPSA) is 99.2 Å². The lowest BCUT2D eigenvalue weighted by Crippen LogP contribution is -2.50. The summed E-state index contributed by atoms with van der Waals surface area (Å²) in [4.78, 5) is 28.8. The number of nitrogens with two attached hydrogens (primary N) is 1. The van der Waals surface area contributed by atoms with Crippen LogP contribution in [0.25, 0.3) is 0 Å². The van der Waals surface area contributed by atoms with E-state index >= 15 is 0 Å². The number of nitriles is 1. The Kier molecular flexibility index (Phi) is 4.06. The highest BCUT2D eigenvalue weighted by Crippen LogP contribution is 2.55. The number of fused-ring (bicyclic) bond motifs is 3. The zero-order valence-electron chi connectivity index (χ0n) is 17.5. The van der Waals surface area contributed by atoms with Gasteiger partial charge in [0.2, 0.25) is 5.91 Å². The van der Waals surface area contributed by atoms with Crippen molar-refractivity contribution in [1.29, 1.82) is 5.26 Å². The van der Waals surface area contributed by atoms with Crippen molar-refractivity contribution in [3.8, 4) is 6.07 Å². The van der Waals surface area contributed by atoms with Crippen LogP contribution in [0, 0.1) is 25.2 Å². The highest BCUT2D eigenvalue weighted by Gasteiger charge is 2.60. The number of benzene rings is 2. The van der Waals surface area contributed by atoms with E-state index in [1.54, 1.807) is 4.90 Å². The maximum absolute atomic E-state index is 13.6. The SMILES string of the molecule is Cc1cccc(N2C(N)=C(C#N)[C@@]3(C(=O)Nc4ccc(C)cc43)C3=C2CCCC3=O)c1. The van der Waals surface area contributed by atoms with Crippen molar-refractivity contribution in [3.63, 3.8) is 0 Å². The molecule has 0 radical (unpaired) electrons. The highest BCUT2D eigenvalue weighted by atomic mass is 16.2. The summed E-state index contributed by atoms with van der Waals surface area (Å²) in [6.45, 7) is 3.90. The number of aryl methyl sites for hydroxylation is 2. The van der Waals surface area contributed by atoms with Gasteiger partial charge < -0.3 is 11.1 Å². The fourth-order valence-electron chi connectivity index (χ4n) is 5.17. The number of rotatable bonds is 1. The fourth-order valence-corrected chi connectivity index (χ4v) is 5.17. The van der Waals surface area contributed by atoms with Crippen LogP contribution in [0.1, 0.15) is 36.0 Å². The molecule has 1 atom stereocenters. The van der Waals surface area contributed by atoms with E-state index in [0.29, 0.717) is 41.8 Å². The van der Waals surface area contributed by atoms with E-state index in [-0.39, 0.29) is 23.1 Å². The molecule has 154 valence electrons. The molecule has 1 spiro atoms. The van der Waals surface area contributed by atoms with Crippen LogP contribution in [-0.2, 0) is 15.0 Å². The normalized spacial score (nSPS) is 22.4. The van der Waals surface area contributed by atoms with Gasteiger partial charge in [-0.05, 0) is 50.5 Å². The summed E-state index contributed by atoms with van der Waals surface area (Å²) >= 11 is 0. The van der Waals surface area contributed by atoms with Crippen LogP contribution in [0.3, 0.4) is 0 Å². The second-order valence-corrected chi connectivity index (χ2v) is 8.40. The third-order valence-electron chi connectivity index (χ3n) is 6.44. The molecule has 31 heavy (non-hydrogen) atoms. The molecule has 6 heteroatoms. The summed E-state index contributed by atoms with van der Waals surface area (Å²) in [7, 11) is 0. The molecule has 0 fully saturated rings.